The molecule has 9 heteroatoms. The molecule has 0 saturated carbocycles. The Bertz CT molecular complexity index is 3070. The summed E-state index contributed by atoms with van der Waals surface area (Å²) in [5, 5.41) is 3.81. The average molecular weight is 701 g/mol. The van der Waals surface area contributed by atoms with Crippen LogP contribution in [0.15, 0.2) is 162 Å². The van der Waals surface area contributed by atoms with Crippen LogP contribution in [0.5, 0.6) is 17.2 Å². The highest BCUT2D eigenvalue weighted by Gasteiger charge is 2.40. The largest absolute Gasteiger partial charge is 0.462 e. The summed E-state index contributed by atoms with van der Waals surface area (Å²) in [6, 6.07) is 52.9. The molecule has 0 radical (unpaired) electrons. The molecule has 54 heavy (non-hydrogen) atoms. The van der Waals surface area contributed by atoms with E-state index in [9.17, 15) is 0 Å². The Morgan fingerprint density at radius 3 is 1.96 bits per heavy atom. The second-order valence-electron chi connectivity index (χ2n) is 13.4. The van der Waals surface area contributed by atoms with Crippen LogP contribution in [0.25, 0.3) is 56.1 Å². The number of nitrogens with zero attached hydrogens (tertiary/aromatic N) is 5. The van der Waals surface area contributed by atoms with E-state index >= 15 is 0 Å². The van der Waals surface area contributed by atoms with Gasteiger partial charge in [0.25, 0.3) is 0 Å². The van der Waals surface area contributed by atoms with Crippen molar-refractivity contribution in [2.45, 2.75) is 6.23 Å². The van der Waals surface area contributed by atoms with E-state index in [4.69, 9.17) is 23.9 Å². The van der Waals surface area contributed by atoms with Crippen LogP contribution in [0.4, 0.5) is 22.7 Å². The van der Waals surface area contributed by atoms with Gasteiger partial charge >= 0.3 is 0 Å². The van der Waals surface area contributed by atoms with Crippen LogP contribution in [0.3, 0.4) is 0 Å². The first-order valence-corrected chi connectivity index (χ1v) is 17.9. The molecule has 9 nitrogen and oxygen atoms in total. The van der Waals surface area contributed by atoms with E-state index in [2.05, 4.69) is 73.8 Å². The summed E-state index contributed by atoms with van der Waals surface area (Å²) in [5.41, 5.74) is 10.9. The van der Waals surface area contributed by atoms with E-state index < -0.39 is 6.23 Å². The molecule has 256 valence electrons. The number of para-hydroxylation sites is 8. The summed E-state index contributed by atoms with van der Waals surface area (Å²) in [4.78, 5) is 12.8. The second-order valence-corrected chi connectivity index (χ2v) is 13.4. The number of aromatic nitrogens is 4. The molecular formula is C45H28N6O3. The van der Waals surface area contributed by atoms with Gasteiger partial charge in [-0.3, -0.25) is 13.9 Å². The van der Waals surface area contributed by atoms with Crippen LogP contribution < -0.4 is 19.7 Å². The fourth-order valence-electron chi connectivity index (χ4n) is 8.04. The maximum absolute atomic E-state index is 7.14. The summed E-state index contributed by atoms with van der Waals surface area (Å²) in [5.74, 6) is 3.33. The monoisotopic (exact) mass is 700 g/mol. The molecule has 1 unspecified atom stereocenters. The minimum Gasteiger partial charge on any atom is -0.462 e. The molecule has 0 aliphatic carbocycles. The average Bonchev–Trinajstić information content (AvgIpc) is 4.02. The first kappa shape index (κ1) is 29.1. The topological polar surface area (TPSA) is 82.0 Å². The van der Waals surface area contributed by atoms with Gasteiger partial charge in [-0.2, -0.15) is 0 Å². The molecule has 12 rings (SSSR count). The third kappa shape index (κ3) is 4.03. The summed E-state index contributed by atoms with van der Waals surface area (Å²) in [6.45, 7) is 0. The minimum atomic E-state index is -0.498. The molecule has 0 saturated heterocycles. The zero-order valence-corrected chi connectivity index (χ0v) is 28.5. The number of hydrogen-bond acceptors (Lipinski definition) is 7. The zero-order chi connectivity index (χ0) is 35.3. The third-order valence-electron chi connectivity index (χ3n) is 10.4. The first-order chi connectivity index (χ1) is 26.8. The van der Waals surface area contributed by atoms with E-state index in [1.807, 2.05) is 103 Å². The predicted molar refractivity (Wildman–Crippen MR) is 211 cm³/mol. The molecule has 0 bridgehead atoms. The number of imidazole rings is 2. The van der Waals surface area contributed by atoms with Crippen LogP contribution in [-0.2, 0) is 0 Å². The van der Waals surface area contributed by atoms with E-state index in [1.165, 1.54) is 0 Å². The lowest BCUT2D eigenvalue weighted by atomic mass is 10.1. The van der Waals surface area contributed by atoms with Crippen LogP contribution in [-0.4, -0.2) is 18.9 Å². The molecule has 2 aliphatic heterocycles. The van der Waals surface area contributed by atoms with Crippen molar-refractivity contribution in [3.8, 4) is 34.4 Å². The Hall–Kier alpha value is -7.52. The number of hydrogen-bond donors (Lipinski definition) is 1. The van der Waals surface area contributed by atoms with Crippen molar-refractivity contribution in [3.63, 3.8) is 0 Å². The van der Waals surface area contributed by atoms with Crippen molar-refractivity contribution in [2.75, 3.05) is 10.2 Å². The highest BCUT2D eigenvalue weighted by atomic mass is 16.5. The minimum absolute atomic E-state index is 0.493. The SMILES string of the molecule is c1ccc(-c2nc3c(N4c5ccccc5Oc5ccccc54)c4c(c(-n5c6ccccc6n6c7ccccc7nc56)c3o2)NC(c2ccccc2)O4)cc1. The molecule has 0 amide bonds. The molecule has 7 aromatic carbocycles. The molecule has 1 N–H and O–H groups in total. The van der Waals surface area contributed by atoms with Gasteiger partial charge in [-0.15, -0.1) is 0 Å². The van der Waals surface area contributed by atoms with Crippen molar-refractivity contribution < 1.29 is 13.9 Å². The standard InChI is InChI=1S/C45H28N6O3/c1-3-15-27(16-4-1)43-47-37-39(49-33-23-11-13-25-35(33)52-36-26-14-12-24-34(36)49)41-38(48-44(53-41)28-17-5-2-6-18-28)40(42(37)54-43)51-32-22-10-9-21-31(32)50-30-20-8-7-19-29(30)46-45(50)51/h1-26,44,48H. The molecule has 0 fully saturated rings. The Kier molecular flexibility index (Phi) is 5.92. The second kappa shape index (κ2) is 11.0. The van der Waals surface area contributed by atoms with E-state index in [-0.39, 0.29) is 0 Å². The highest BCUT2D eigenvalue weighted by molar-refractivity contribution is 6.11. The highest BCUT2D eigenvalue weighted by Crippen LogP contribution is 2.60. The van der Waals surface area contributed by atoms with E-state index in [1.54, 1.807) is 0 Å². The van der Waals surface area contributed by atoms with Gasteiger partial charge in [-0.1, -0.05) is 97.1 Å². The number of fused-ring (bicyclic) bond motifs is 9. The van der Waals surface area contributed by atoms with Crippen LogP contribution in [0.1, 0.15) is 11.8 Å². The number of benzene rings is 7. The van der Waals surface area contributed by atoms with Gasteiger partial charge in [-0.25, -0.2) is 9.97 Å². The predicted octanol–water partition coefficient (Wildman–Crippen LogP) is 11.3. The maximum Gasteiger partial charge on any atom is 0.227 e. The number of oxazole rings is 1. The number of anilines is 4. The Morgan fingerprint density at radius 2 is 1.20 bits per heavy atom. The van der Waals surface area contributed by atoms with Gasteiger partial charge in [0.05, 0.1) is 33.4 Å². The maximum atomic E-state index is 7.14. The van der Waals surface area contributed by atoms with Crippen molar-refractivity contribution in [1.82, 2.24) is 18.9 Å². The molecule has 0 spiro atoms. The molecule has 3 aromatic heterocycles. The molecular weight excluding hydrogens is 673 g/mol. The number of nitrogens with one attached hydrogen (secondary N) is 1. The number of rotatable bonds is 4. The summed E-state index contributed by atoms with van der Waals surface area (Å²) in [6.07, 6.45) is -0.498. The lowest BCUT2D eigenvalue weighted by Crippen LogP contribution is -2.17. The summed E-state index contributed by atoms with van der Waals surface area (Å²) < 4.78 is 25.0. The van der Waals surface area contributed by atoms with Gasteiger partial charge in [0.1, 0.15) is 22.6 Å². The van der Waals surface area contributed by atoms with Gasteiger partial charge in [0.15, 0.2) is 29.1 Å². The Labute approximate surface area is 307 Å². The van der Waals surface area contributed by atoms with Gasteiger partial charge in [0, 0.05) is 11.1 Å². The van der Waals surface area contributed by atoms with E-state index in [0.29, 0.717) is 22.7 Å². The lowest BCUT2D eigenvalue weighted by molar-refractivity contribution is 0.261. The van der Waals surface area contributed by atoms with Crippen molar-refractivity contribution >= 4 is 61.7 Å². The molecule has 5 heterocycles. The van der Waals surface area contributed by atoms with Crippen LogP contribution in [0, 0.1) is 0 Å². The van der Waals surface area contributed by atoms with Crippen molar-refractivity contribution in [1.29, 1.82) is 0 Å². The van der Waals surface area contributed by atoms with Crippen molar-refractivity contribution in [3.05, 3.63) is 163 Å². The third-order valence-corrected chi connectivity index (χ3v) is 10.4. The number of ether oxygens (including phenoxy) is 2. The first-order valence-electron chi connectivity index (χ1n) is 17.9. The lowest BCUT2D eigenvalue weighted by Gasteiger charge is -2.33. The fourth-order valence-corrected chi connectivity index (χ4v) is 8.04. The van der Waals surface area contributed by atoms with Crippen LogP contribution >= 0.6 is 0 Å². The van der Waals surface area contributed by atoms with E-state index in [0.717, 1.165) is 78.9 Å². The van der Waals surface area contributed by atoms with Gasteiger partial charge in [0.2, 0.25) is 11.7 Å². The summed E-state index contributed by atoms with van der Waals surface area (Å²) >= 11 is 0. The quantitative estimate of drug-likeness (QED) is 0.196. The smallest absolute Gasteiger partial charge is 0.227 e. The Balaban J connectivity index is 1.26. The molecule has 2 aliphatic rings. The fraction of sp³-hybridized carbons (Fsp3) is 0.0222. The molecule has 10 aromatic rings. The summed E-state index contributed by atoms with van der Waals surface area (Å²) in [7, 11) is 0. The Morgan fingerprint density at radius 1 is 0.574 bits per heavy atom. The van der Waals surface area contributed by atoms with Crippen molar-refractivity contribution in [2.24, 2.45) is 0 Å². The molecule has 1 atom stereocenters. The zero-order valence-electron chi connectivity index (χ0n) is 28.5. The normalized spacial score (nSPS) is 14.5. The van der Waals surface area contributed by atoms with Crippen LogP contribution in [0.2, 0.25) is 0 Å². The van der Waals surface area contributed by atoms with Gasteiger partial charge < -0.3 is 19.2 Å². The van der Waals surface area contributed by atoms with Gasteiger partial charge in [-0.05, 0) is 60.7 Å².